The molecule has 3 nitrogen and oxygen atoms in total. The second-order valence-corrected chi connectivity index (χ2v) is 5.06. The largest absolute Gasteiger partial charge is 0.326 e. The molecule has 0 radical (unpaired) electrons. The highest BCUT2D eigenvalue weighted by molar-refractivity contribution is 5.93. The van der Waals surface area contributed by atoms with Crippen LogP contribution >= 0.6 is 0 Å². The van der Waals surface area contributed by atoms with Crippen molar-refractivity contribution in [2.45, 2.75) is 12.8 Å². The molecular weight excluding hydrogens is 248 g/mol. The number of nitrogens with zero attached hydrogens (tertiary/aromatic N) is 1. The molecule has 0 unspecified atom stereocenters. The van der Waals surface area contributed by atoms with Crippen molar-refractivity contribution in [3.63, 3.8) is 0 Å². The first-order chi connectivity index (χ1) is 9.76. The van der Waals surface area contributed by atoms with Crippen molar-refractivity contribution < 1.29 is 4.79 Å². The van der Waals surface area contributed by atoms with Crippen molar-refractivity contribution >= 4 is 11.6 Å². The minimum absolute atomic E-state index is 0.0156. The van der Waals surface area contributed by atoms with Gasteiger partial charge in [0.15, 0.2) is 0 Å². The molecule has 1 aliphatic carbocycles. The summed E-state index contributed by atoms with van der Waals surface area (Å²) < 4.78 is 0. The van der Waals surface area contributed by atoms with Crippen LogP contribution in [0.4, 0.5) is 5.69 Å². The van der Waals surface area contributed by atoms with Crippen molar-refractivity contribution in [2.24, 2.45) is 5.92 Å². The lowest BCUT2D eigenvalue weighted by molar-refractivity contribution is -0.119. The Labute approximate surface area is 117 Å². The van der Waals surface area contributed by atoms with Gasteiger partial charge in [-0.05, 0) is 42.2 Å². The van der Waals surface area contributed by atoms with Gasteiger partial charge in [-0.3, -0.25) is 4.79 Å². The summed E-state index contributed by atoms with van der Waals surface area (Å²) in [5.74, 6) is 0.00873. The van der Waals surface area contributed by atoms with Crippen LogP contribution in [-0.2, 0) is 17.6 Å². The fraction of sp³-hybridized carbons (Fsp3) is 0.176. The Morgan fingerprint density at radius 1 is 1.10 bits per heavy atom. The van der Waals surface area contributed by atoms with Gasteiger partial charge >= 0.3 is 0 Å². The van der Waals surface area contributed by atoms with Crippen molar-refractivity contribution in [1.29, 1.82) is 5.26 Å². The Morgan fingerprint density at radius 3 is 2.45 bits per heavy atom. The van der Waals surface area contributed by atoms with Crippen LogP contribution in [0, 0.1) is 17.2 Å². The summed E-state index contributed by atoms with van der Waals surface area (Å²) >= 11 is 0. The van der Waals surface area contributed by atoms with Crippen molar-refractivity contribution in [3.8, 4) is 6.07 Å². The monoisotopic (exact) mass is 262 g/mol. The number of fused-ring (bicyclic) bond motifs is 1. The Kier molecular flexibility index (Phi) is 3.22. The molecule has 2 aromatic rings. The predicted octanol–water partition coefficient (Wildman–Crippen LogP) is 2.91. The van der Waals surface area contributed by atoms with E-state index in [0.29, 0.717) is 11.3 Å². The lowest BCUT2D eigenvalue weighted by Gasteiger charge is -2.10. The van der Waals surface area contributed by atoms with Crippen LogP contribution in [0.1, 0.15) is 16.7 Å². The Balaban J connectivity index is 1.71. The van der Waals surface area contributed by atoms with E-state index >= 15 is 0 Å². The molecule has 0 heterocycles. The SMILES string of the molecule is N#Cc1cccc(NC(=O)C2Cc3ccccc3C2)c1. The maximum atomic E-state index is 12.3. The molecule has 20 heavy (non-hydrogen) atoms. The van der Waals surface area contributed by atoms with Gasteiger partial charge in [0.2, 0.25) is 5.91 Å². The Bertz CT molecular complexity index is 675. The molecule has 0 saturated heterocycles. The molecule has 98 valence electrons. The fourth-order valence-corrected chi connectivity index (χ4v) is 2.66. The summed E-state index contributed by atoms with van der Waals surface area (Å²) in [6.45, 7) is 0. The fourth-order valence-electron chi connectivity index (χ4n) is 2.66. The van der Waals surface area contributed by atoms with Crippen LogP contribution in [0.15, 0.2) is 48.5 Å². The number of amides is 1. The molecule has 3 heteroatoms. The molecule has 0 bridgehead atoms. The number of carbonyl (C=O) groups excluding carboxylic acids is 1. The third kappa shape index (κ3) is 2.41. The highest BCUT2D eigenvalue weighted by Crippen LogP contribution is 2.27. The average Bonchev–Trinajstić information content (AvgIpc) is 2.91. The summed E-state index contributed by atoms with van der Waals surface area (Å²) in [6, 6.07) is 17.3. The first kappa shape index (κ1) is 12.4. The van der Waals surface area contributed by atoms with E-state index in [9.17, 15) is 4.79 Å². The molecule has 2 aromatic carbocycles. The number of benzene rings is 2. The zero-order valence-electron chi connectivity index (χ0n) is 11.0. The molecule has 0 spiro atoms. The Hall–Kier alpha value is -2.60. The third-order valence-electron chi connectivity index (χ3n) is 3.68. The summed E-state index contributed by atoms with van der Waals surface area (Å²) in [7, 11) is 0. The van der Waals surface area contributed by atoms with E-state index in [1.807, 2.05) is 12.1 Å². The zero-order valence-corrected chi connectivity index (χ0v) is 11.0. The summed E-state index contributed by atoms with van der Waals surface area (Å²) in [5, 5.41) is 11.8. The lowest BCUT2D eigenvalue weighted by Crippen LogP contribution is -2.23. The van der Waals surface area contributed by atoms with Crippen molar-refractivity contribution in [3.05, 3.63) is 65.2 Å². The maximum Gasteiger partial charge on any atom is 0.228 e. The number of anilines is 1. The summed E-state index contributed by atoms with van der Waals surface area (Å²) in [4.78, 5) is 12.3. The van der Waals surface area contributed by atoms with Gasteiger partial charge in [0.25, 0.3) is 0 Å². The van der Waals surface area contributed by atoms with E-state index in [-0.39, 0.29) is 11.8 Å². The van der Waals surface area contributed by atoms with Crippen LogP contribution in [0.25, 0.3) is 0 Å². The number of carbonyl (C=O) groups is 1. The topological polar surface area (TPSA) is 52.9 Å². The third-order valence-corrected chi connectivity index (χ3v) is 3.68. The van der Waals surface area contributed by atoms with E-state index in [1.54, 1.807) is 24.3 Å². The molecular formula is C17H14N2O. The van der Waals surface area contributed by atoms with Crippen LogP contribution in [-0.4, -0.2) is 5.91 Å². The van der Waals surface area contributed by atoms with E-state index in [2.05, 4.69) is 23.5 Å². The van der Waals surface area contributed by atoms with Gasteiger partial charge < -0.3 is 5.32 Å². The summed E-state index contributed by atoms with van der Waals surface area (Å²) in [5.41, 5.74) is 3.76. The zero-order chi connectivity index (χ0) is 13.9. The van der Waals surface area contributed by atoms with E-state index in [4.69, 9.17) is 5.26 Å². The van der Waals surface area contributed by atoms with Gasteiger partial charge in [0.05, 0.1) is 11.6 Å². The molecule has 3 rings (SSSR count). The first-order valence-electron chi connectivity index (χ1n) is 6.64. The van der Waals surface area contributed by atoms with Crippen LogP contribution in [0.5, 0.6) is 0 Å². The number of rotatable bonds is 2. The minimum atomic E-state index is -0.0156. The molecule has 1 N–H and O–H groups in total. The molecule has 0 fully saturated rings. The van der Waals surface area contributed by atoms with Gasteiger partial charge in [0.1, 0.15) is 0 Å². The Morgan fingerprint density at radius 2 is 1.80 bits per heavy atom. The van der Waals surface area contributed by atoms with Gasteiger partial charge in [-0.1, -0.05) is 30.3 Å². The van der Waals surface area contributed by atoms with Crippen molar-refractivity contribution in [1.82, 2.24) is 0 Å². The van der Waals surface area contributed by atoms with E-state index in [0.717, 1.165) is 12.8 Å². The van der Waals surface area contributed by atoms with E-state index in [1.165, 1.54) is 11.1 Å². The quantitative estimate of drug-likeness (QED) is 0.904. The van der Waals surface area contributed by atoms with Crippen LogP contribution in [0.2, 0.25) is 0 Å². The molecule has 1 aliphatic rings. The van der Waals surface area contributed by atoms with Gasteiger partial charge in [-0.15, -0.1) is 0 Å². The number of hydrogen-bond acceptors (Lipinski definition) is 2. The molecule has 0 atom stereocenters. The van der Waals surface area contributed by atoms with Gasteiger partial charge in [-0.2, -0.15) is 5.26 Å². The average molecular weight is 262 g/mol. The van der Waals surface area contributed by atoms with Crippen LogP contribution in [0.3, 0.4) is 0 Å². The highest BCUT2D eigenvalue weighted by Gasteiger charge is 2.26. The molecule has 0 aromatic heterocycles. The normalized spacial score (nSPS) is 13.6. The summed E-state index contributed by atoms with van der Waals surface area (Å²) in [6.07, 6.45) is 1.58. The highest BCUT2D eigenvalue weighted by atomic mass is 16.1. The lowest BCUT2D eigenvalue weighted by atomic mass is 10.1. The van der Waals surface area contributed by atoms with Crippen LogP contribution < -0.4 is 5.32 Å². The second kappa shape index (κ2) is 5.18. The number of hydrogen-bond donors (Lipinski definition) is 1. The number of nitrogens with one attached hydrogen (secondary N) is 1. The molecule has 0 aliphatic heterocycles. The molecule has 1 amide bonds. The van der Waals surface area contributed by atoms with Crippen molar-refractivity contribution in [2.75, 3.05) is 5.32 Å². The maximum absolute atomic E-state index is 12.3. The number of nitriles is 1. The predicted molar refractivity (Wildman–Crippen MR) is 77.1 cm³/mol. The van der Waals surface area contributed by atoms with Gasteiger partial charge in [0, 0.05) is 11.6 Å². The standard InChI is InChI=1S/C17H14N2O/c18-11-12-4-3-7-16(8-12)19-17(20)15-9-13-5-1-2-6-14(13)10-15/h1-8,15H,9-10H2,(H,19,20). The smallest absolute Gasteiger partial charge is 0.228 e. The van der Waals surface area contributed by atoms with E-state index < -0.39 is 0 Å². The van der Waals surface area contributed by atoms with Gasteiger partial charge in [-0.25, -0.2) is 0 Å². The minimum Gasteiger partial charge on any atom is -0.326 e. The molecule has 0 saturated carbocycles. The first-order valence-corrected chi connectivity index (χ1v) is 6.64. The second-order valence-electron chi connectivity index (χ2n) is 5.06.